The van der Waals surface area contributed by atoms with E-state index < -0.39 is 11.3 Å². The Kier molecular flexibility index (Phi) is 1.42. The molecule has 0 radical (unpaired) electrons. The summed E-state index contributed by atoms with van der Waals surface area (Å²) in [5, 5.41) is 26.9. The van der Waals surface area contributed by atoms with Crippen LogP contribution in [0.1, 0.15) is 6.42 Å². The Bertz CT molecular complexity index is 374. The zero-order valence-electron chi connectivity index (χ0n) is 6.94. The summed E-state index contributed by atoms with van der Waals surface area (Å²) in [4.78, 5) is 0. The summed E-state index contributed by atoms with van der Waals surface area (Å²) in [6.45, 7) is 0. The first-order valence-corrected chi connectivity index (χ1v) is 4.19. The first-order chi connectivity index (χ1) is 6.28. The van der Waals surface area contributed by atoms with Crippen LogP contribution in [0.15, 0.2) is 12.2 Å². The molecule has 0 heterocycles. The van der Waals surface area contributed by atoms with Gasteiger partial charge in [-0.25, -0.2) is 0 Å². The van der Waals surface area contributed by atoms with Crippen molar-refractivity contribution in [3.8, 4) is 18.2 Å². The monoisotopic (exact) mass is 169 g/mol. The van der Waals surface area contributed by atoms with Crippen LogP contribution in [0.4, 0.5) is 0 Å². The second-order valence-electron chi connectivity index (χ2n) is 3.59. The Morgan fingerprint density at radius 3 is 2.31 bits per heavy atom. The van der Waals surface area contributed by atoms with Gasteiger partial charge in [-0.1, -0.05) is 12.2 Å². The molecule has 2 aliphatic rings. The molecule has 3 nitrogen and oxygen atoms in total. The van der Waals surface area contributed by atoms with Gasteiger partial charge in [0.25, 0.3) is 0 Å². The second kappa shape index (κ2) is 2.35. The van der Waals surface area contributed by atoms with Crippen LogP contribution in [-0.4, -0.2) is 0 Å². The van der Waals surface area contributed by atoms with Crippen molar-refractivity contribution in [3.63, 3.8) is 0 Å². The van der Waals surface area contributed by atoms with E-state index in [0.717, 1.165) is 6.42 Å². The van der Waals surface area contributed by atoms with Crippen LogP contribution in [0, 0.1) is 57.2 Å². The quantitative estimate of drug-likeness (QED) is 0.514. The van der Waals surface area contributed by atoms with Gasteiger partial charge in [-0.15, -0.1) is 0 Å². The van der Waals surface area contributed by atoms with E-state index in [-0.39, 0.29) is 11.8 Å². The first-order valence-electron chi connectivity index (χ1n) is 4.19. The lowest BCUT2D eigenvalue weighted by atomic mass is 9.71. The normalized spacial score (nSPS) is 37.8. The Balaban J connectivity index is 2.53. The maximum absolute atomic E-state index is 8.98. The number of allylic oxidation sites excluding steroid dienone is 2. The molecule has 13 heavy (non-hydrogen) atoms. The molecule has 0 aromatic rings. The van der Waals surface area contributed by atoms with Crippen molar-refractivity contribution in [1.82, 2.24) is 0 Å². The highest BCUT2D eigenvalue weighted by Crippen LogP contribution is 2.55. The van der Waals surface area contributed by atoms with Crippen molar-refractivity contribution >= 4 is 0 Å². The van der Waals surface area contributed by atoms with Crippen LogP contribution in [0.2, 0.25) is 0 Å². The first kappa shape index (κ1) is 7.84. The molecule has 3 unspecified atom stereocenters. The summed E-state index contributed by atoms with van der Waals surface area (Å²) >= 11 is 0. The third-order valence-electron chi connectivity index (χ3n) is 3.13. The number of nitriles is 3. The minimum Gasteiger partial charge on any atom is -0.198 e. The summed E-state index contributed by atoms with van der Waals surface area (Å²) in [6, 6.07) is 6.14. The summed E-state index contributed by atoms with van der Waals surface area (Å²) in [5.41, 5.74) is -1.08. The molecule has 0 aliphatic heterocycles. The Hall–Kier alpha value is -1.79. The molecular weight excluding hydrogens is 162 g/mol. The maximum atomic E-state index is 8.98. The van der Waals surface area contributed by atoms with Gasteiger partial charge in [0.05, 0.1) is 24.1 Å². The Morgan fingerprint density at radius 1 is 1.15 bits per heavy atom. The molecule has 0 spiro atoms. The van der Waals surface area contributed by atoms with Crippen LogP contribution in [-0.2, 0) is 0 Å². The van der Waals surface area contributed by atoms with Crippen LogP contribution >= 0.6 is 0 Å². The van der Waals surface area contributed by atoms with E-state index in [0.29, 0.717) is 0 Å². The molecule has 1 saturated carbocycles. The van der Waals surface area contributed by atoms with Gasteiger partial charge in [-0.3, -0.25) is 0 Å². The summed E-state index contributed by atoms with van der Waals surface area (Å²) in [6.07, 6.45) is 4.66. The molecule has 3 atom stereocenters. The van der Waals surface area contributed by atoms with Gasteiger partial charge in [0.15, 0.2) is 5.41 Å². The number of fused-ring (bicyclic) bond motifs is 2. The summed E-state index contributed by atoms with van der Waals surface area (Å²) in [7, 11) is 0. The van der Waals surface area contributed by atoms with E-state index >= 15 is 0 Å². The highest BCUT2D eigenvalue weighted by atomic mass is 14.6. The van der Waals surface area contributed by atoms with Crippen LogP contribution in [0.5, 0.6) is 0 Å². The van der Waals surface area contributed by atoms with Gasteiger partial charge in [0, 0.05) is 5.92 Å². The van der Waals surface area contributed by atoms with Crippen molar-refractivity contribution < 1.29 is 0 Å². The lowest BCUT2D eigenvalue weighted by Crippen LogP contribution is -2.30. The molecule has 2 aliphatic carbocycles. The maximum Gasteiger partial charge on any atom is 0.166 e. The Morgan fingerprint density at radius 2 is 1.85 bits per heavy atom. The van der Waals surface area contributed by atoms with Crippen molar-refractivity contribution in [3.05, 3.63) is 12.2 Å². The van der Waals surface area contributed by atoms with E-state index in [4.69, 9.17) is 15.8 Å². The van der Waals surface area contributed by atoms with Crippen LogP contribution < -0.4 is 0 Å². The summed E-state index contributed by atoms with van der Waals surface area (Å²) in [5.74, 6) is -0.344. The fraction of sp³-hybridized carbons (Fsp3) is 0.500. The van der Waals surface area contributed by atoms with Crippen molar-refractivity contribution in [2.45, 2.75) is 6.42 Å². The zero-order valence-corrected chi connectivity index (χ0v) is 6.94. The molecule has 2 rings (SSSR count). The number of nitrogens with zero attached hydrogens (tertiary/aromatic N) is 3. The zero-order chi connectivity index (χ0) is 9.47. The molecular formula is C10H7N3. The fourth-order valence-electron chi connectivity index (χ4n) is 2.41. The molecule has 0 amide bonds. The van der Waals surface area contributed by atoms with E-state index in [2.05, 4.69) is 6.07 Å². The average molecular weight is 169 g/mol. The van der Waals surface area contributed by atoms with E-state index in [9.17, 15) is 0 Å². The molecule has 3 heteroatoms. The molecule has 0 aromatic carbocycles. The molecule has 0 aromatic heterocycles. The van der Waals surface area contributed by atoms with Crippen molar-refractivity contribution in [2.24, 2.45) is 23.2 Å². The third-order valence-corrected chi connectivity index (χ3v) is 3.13. The van der Waals surface area contributed by atoms with Crippen molar-refractivity contribution in [2.75, 3.05) is 0 Å². The third kappa shape index (κ3) is 0.707. The number of hydrogen-bond donors (Lipinski definition) is 0. The largest absolute Gasteiger partial charge is 0.198 e. The predicted molar refractivity (Wildman–Crippen MR) is 43.5 cm³/mol. The van der Waals surface area contributed by atoms with Crippen LogP contribution in [0.3, 0.4) is 0 Å². The van der Waals surface area contributed by atoms with Gasteiger partial charge in [0.2, 0.25) is 0 Å². The standard InChI is InChI=1S/C10H7N3/c11-4-9-7-1-2-8(3-7)10(9,5-12)6-13/h1-2,7-9H,3H2. The highest BCUT2D eigenvalue weighted by molar-refractivity contribution is 5.35. The highest BCUT2D eigenvalue weighted by Gasteiger charge is 2.57. The number of rotatable bonds is 0. The summed E-state index contributed by atoms with van der Waals surface area (Å²) < 4.78 is 0. The van der Waals surface area contributed by atoms with Gasteiger partial charge >= 0.3 is 0 Å². The predicted octanol–water partition coefficient (Wildman–Crippen LogP) is 1.37. The van der Waals surface area contributed by atoms with E-state index in [1.165, 1.54) is 0 Å². The molecule has 1 fully saturated rings. The lowest BCUT2D eigenvalue weighted by Gasteiger charge is -2.24. The van der Waals surface area contributed by atoms with E-state index in [1.54, 1.807) is 0 Å². The van der Waals surface area contributed by atoms with E-state index in [1.807, 2.05) is 24.3 Å². The van der Waals surface area contributed by atoms with Gasteiger partial charge < -0.3 is 0 Å². The van der Waals surface area contributed by atoms with Gasteiger partial charge in [0.1, 0.15) is 0 Å². The smallest absolute Gasteiger partial charge is 0.166 e. The minimum absolute atomic E-state index is 0.0304. The molecule has 2 bridgehead atoms. The van der Waals surface area contributed by atoms with Gasteiger partial charge in [-0.2, -0.15) is 15.8 Å². The average Bonchev–Trinajstić information content (AvgIpc) is 2.74. The van der Waals surface area contributed by atoms with Crippen LogP contribution in [0.25, 0.3) is 0 Å². The fourth-order valence-corrected chi connectivity index (χ4v) is 2.41. The van der Waals surface area contributed by atoms with Crippen molar-refractivity contribution in [1.29, 1.82) is 15.8 Å². The molecule has 0 N–H and O–H groups in total. The second-order valence-corrected chi connectivity index (χ2v) is 3.59. The minimum atomic E-state index is -1.08. The SMILES string of the molecule is N#CC1C2C=CC(C2)C1(C#N)C#N. The van der Waals surface area contributed by atoms with Gasteiger partial charge in [-0.05, 0) is 12.3 Å². The Labute approximate surface area is 76.5 Å². The topological polar surface area (TPSA) is 71.4 Å². The number of hydrogen-bond acceptors (Lipinski definition) is 3. The molecule has 62 valence electrons. The lowest BCUT2D eigenvalue weighted by molar-refractivity contribution is 0.361. The molecule has 0 saturated heterocycles.